The van der Waals surface area contributed by atoms with Gasteiger partial charge >= 0.3 is 5.97 Å². The highest BCUT2D eigenvalue weighted by molar-refractivity contribution is 5.66. The van der Waals surface area contributed by atoms with Crippen LogP contribution in [0.1, 0.15) is 32.5 Å². The molecule has 1 aromatic rings. The number of nitrogens with zero attached hydrogens (tertiary/aromatic N) is 3. The van der Waals surface area contributed by atoms with Gasteiger partial charge in [-0.3, -0.25) is 9.69 Å². The first-order valence-electron chi connectivity index (χ1n) is 5.92. The summed E-state index contributed by atoms with van der Waals surface area (Å²) in [5.41, 5.74) is 0. The van der Waals surface area contributed by atoms with Crippen LogP contribution in [0.5, 0.6) is 0 Å². The van der Waals surface area contributed by atoms with Crippen molar-refractivity contribution in [2.24, 2.45) is 7.05 Å². The number of aromatic nitrogens is 2. The van der Waals surface area contributed by atoms with Crippen molar-refractivity contribution in [1.29, 1.82) is 0 Å². The minimum atomic E-state index is -0.731. The molecule has 5 heteroatoms. The summed E-state index contributed by atoms with van der Waals surface area (Å²) in [5.74, 6) is 0.278. The lowest BCUT2D eigenvalue weighted by molar-refractivity contribution is -0.137. The van der Waals surface area contributed by atoms with Crippen LogP contribution in [0.4, 0.5) is 0 Å². The van der Waals surface area contributed by atoms with Gasteiger partial charge in [-0.1, -0.05) is 0 Å². The number of aryl methyl sites for hydroxylation is 1. The van der Waals surface area contributed by atoms with E-state index in [1.54, 1.807) is 6.20 Å². The van der Waals surface area contributed by atoms with Crippen molar-refractivity contribution in [3.63, 3.8) is 0 Å². The van der Waals surface area contributed by atoms with Crippen LogP contribution in [0.15, 0.2) is 12.4 Å². The largest absolute Gasteiger partial charge is 0.481 e. The molecule has 5 nitrogen and oxygen atoms in total. The molecule has 0 amide bonds. The summed E-state index contributed by atoms with van der Waals surface area (Å²) in [6, 6.07) is 0.389. The van der Waals surface area contributed by atoms with Crippen molar-refractivity contribution in [3.8, 4) is 0 Å². The van der Waals surface area contributed by atoms with E-state index < -0.39 is 5.97 Å². The number of hydrogen-bond donors (Lipinski definition) is 1. The molecule has 1 aromatic heterocycles. The van der Waals surface area contributed by atoms with E-state index in [0.29, 0.717) is 12.5 Å². The second-order valence-electron chi connectivity index (χ2n) is 4.52. The number of carbonyl (C=O) groups is 1. The first-order chi connectivity index (χ1) is 8.00. The van der Waals surface area contributed by atoms with Crippen LogP contribution < -0.4 is 0 Å². The van der Waals surface area contributed by atoms with E-state index in [4.69, 9.17) is 5.11 Å². The molecule has 0 unspecified atom stereocenters. The van der Waals surface area contributed by atoms with E-state index >= 15 is 0 Å². The molecule has 1 heterocycles. The van der Waals surface area contributed by atoms with E-state index in [-0.39, 0.29) is 6.42 Å². The van der Waals surface area contributed by atoms with E-state index in [2.05, 4.69) is 23.7 Å². The van der Waals surface area contributed by atoms with Gasteiger partial charge in [0.05, 0.1) is 6.54 Å². The number of hydrogen-bond acceptors (Lipinski definition) is 3. The standard InChI is InChI=1S/C12H21N3O2/c1-10(2)15(7-4-5-12(16)17)9-11-13-6-8-14(11)3/h6,8,10H,4-5,7,9H2,1-3H3,(H,16,17). The van der Waals surface area contributed by atoms with Crippen LogP contribution in [0.25, 0.3) is 0 Å². The fraction of sp³-hybridized carbons (Fsp3) is 0.667. The van der Waals surface area contributed by atoms with Gasteiger partial charge < -0.3 is 9.67 Å². The second-order valence-corrected chi connectivity index (χ2v) is 4.52. The van der Waals surface area contributed by atoms with Crippen molar-refractivity contribution >= 4 is 5.97 Å². The Bertz CT molecular complexity index is 360. The predicted molar refractivity (Wildman–Crippen MR) is 65.6 cm³/mol. The Hall–Kier alpha value is -1.36. The Balaban J connectivity index is 2.49. The Kier molecular flexibility index (Phi) is 5.15. The molecule has 0 aliphatic carbocycles. The fourth-order valence-electron chi connectivity index (χ4n) is 1.68. The van der Waals surface area contributed by atoms with Crippen LogP contribution in [0.2, 0.25) is 0 Å². The van der Waals surface area contributed by atoms with Gasteiger partial charge in [0.1, 0.15) is 5.82 Å². The minimum absolute atomic E-state index is 0.226. The van der Waals surface area contributed by atoms with E-state index in [0.717, 1.165) is 18.9 Å². The summed E-state index contributed by atoms with van der Waals surface area (Å²) in [7, 11) is 1.97. The van der Waals surface area contributed by atoms with E-state index in [1.165, 1.54) is 0 Å². The lowest BCUT2D eigenvalue weighted by Gasteiger charge is -2.25. The SMILES string of the molecule is CC(C)N(CCCC(=O)O)Cc1nccn1C. The molecule has 0 spiro atoms. The van der Waals surface area contributed by atoms with Crippen LogP contribution in [-0.2, 0) is 18.4 Å². The zero-order valence-electron chi connectivity index (χ0n) is 10.8. The molecule has 0 aliphatic heterocycles. The molecule has 0 fully saturated rings. The Labute approximate surface area is 102 Å². The molecular formula is C12H21N3O2. The van der Waals surface area contributed by atoms with Crippen LogP contribution in [-0.4, -0.2) is 38.1 Å². The average molecular weight is 239 g/mol. The normalized spacial score (nSPS) is 11.4. The third kappa shape index (κ3) is 4.56. The molecular weight excluding hydrogens is 218 g/mol. The highest BCUT2D eigenvalue weighted by Gasteiger charge is 2.12. The first kappa shape index (κ1) is 13.7. The summed E-state index contributed by atoms with van der Waals surface area (Å²) < 4.78 is 1.99. The molecule has 0 aromatic carbocycles. The summed E-state index contributed by atoms with van der Waals surface area (Å²) >= 11 is 0. The fourth-order valence-corrected chi connectivity index (χ4v) is 1.68. The van der Waals surface area contributed by atoms with Gasteiger partial charge in [-0.05, 0) is 26.8 Å². The number of rotatable bonds is 7. The van der Waals surface area contributed by atoms with Crippen molar-refractivity contribution in [3.05, 3.63) is 18.2 Å². The minimum Gasteiger partial charge on any atom is -0.481 e. The second kappa shape index (κ2) is 6.39. The van der Waals surface area contributed by atoms with Crippen molar-refractivity contribution in [2.75, 3.05) is 6.54 Å². The molecule has 96 valence electrons. The van der Waals surface area contributed by atoms with Crippen molar-refractivity contribution < 1.29 is 9.90 Å². The van der Waals surface area contributed by atoms with Crippen LogP contribution >= 0.6 is 0 Å². The van der Waals surface area contributed by atoms with Crippen LogP contribution in [0, 0.1) is 0 Å². The zero-order valence-corrected chi connectivity index (χ0v) is 10.8. The average Bonchev–Trinajstić information content (AvgIpc) is 2.62. The third-order valence-corrected chi connectivity index (χ3v) is 2.83. The maximum absolute atomic E-state index is 10.5. The molecule has 17 heavy (non-hydrogen) atoms. The molecule has 0 bridgehead atoms. The number of aliphatic carboxylic acids is 1. The summed E-state index contributed by atoms with van der Waals surface area (Å²) in [6.07, 6.45) is 4.61. The molecule has 1 N–H and O–H groups in total. The monoisotopic (exact) mass is 239 g/mol. The number of carboxylic acids is 1. The molecule has 0 aliphatic rings. The Morgan fingerprint density at radius 1 is 1.59 bits per heavy atom. The maximum atomic E-state index is 10.5. The van der Waals surface area contributed by atoms with Gasteiger partial charge in [-0.15, -0.1) is 0 Å². The van der Waals surface area contributed by atoms with Gasteiger partial charge in [0.15, 0.2) is 0 Å². The van der Waals surface area contributed by atoms with Gasteiger partial charge in [0.2, 0.25) is 0 Å². The Morgan fingerprint density at radius 2 is 2.29 bits per heavy atom. The first-order valence-corrected chi connectivity index (χ1v) is 5.92. The summed E-state index contributed by atoms with van der Waals surface area (Å²) in [4.78, 5) is 17.0. The van der Waals surface area contributed by atoms with Gasteiger partial charge in [0.25, 0.3) is 0 Å². The van der Waals surface area contributed by atoms with E-state index in [1.807, 2.05) is 17.8 Å². The topological polar surface area (TPSA) is 58.4 Å². The Morgan fingerprint density at radius 3 is 2.76 bits per heavy atom. The lowest BCUT2D eigenvalue weighted by Crippen LogP contribution is -2.32. The van der Waals surface area contributed by atoms with Crippen LogP contribution in [0.3, 0.4) is 0 Å². The predicted octanol–water partition coefficient (Wildman–Crippen LogP) is 1.50. The third-order valence-electron chi connectivity index (χ3n) is 2.83. The molecule has 0 saturated carbocycles. The maximum Gasteiger partial charge on any atom is 0.303 e. The molecule has 1 rings (SSSR count). The highest BCUT2D eigenvalue weighted by atomic mass is 16.4. The van der Waals surface area contributed by atoms with E-state index in [9.17, 15) is 4.79 Å². The zero-order chi connectivity index (χ0) is 12.8. The molecule has 0 atom stereocenters. The van der Waals surface area contributed by atoms with Crippen molar-refractivity contribution in [1.82, 2.24) is 14.5 Å². The van der Waals surface area contributed by atoms with Gasteiger partial charge in [-0.2, -0.15) is 0 Å². The number of carboxylic acid groups (broad SMARTS) is 1. The highest BCUT2D eigenvalue weighted by Crippen LogP contribution is 2.07. The summed E-state index contributed by atoms with van der Waals surface area (Å²) in [5, 5.41) is 8.63. The summed E-state index contributed by atoms with van der Waals surface area (Å²) in [6.45, 7) is 5.78. The van der Waals surface area contributed by atoms with Crippen molar-refractivity contribution in [2.45, 2.75) is 39.3 Å². The van der Waals surface area contributed by atoms with Gasteiger partial charge in [-0.25, -0.2) is 4.98 Å². The quantitative estimate of drug-likeness (QED) is 0.783. The number of imidazole rings is 1. The van der Waals surface area contributed by atoms with Gasteiger partial charge in [0, 0.05) is 31.9 Å². The lowest BCUT2D eigenvalue weighted by atomic mass is 10.2. The molecule has 0 saturated heterocycles. The smallest absolute Gasteiger partial charge is 0.303 e. The molecule has 0 radical (unpaired) electrons.